The minimum Gasteiger partial charge on any atom is -0.235 e. The van der Waals surface area contributed by atoms with Crippen molar-refractivity contribution in [2.75, 3.05) is 0 Å². The Morgan fingerprint density at radius 1 is 1.11 bits per heavy atom. The van der Waals surface area contributed by atoms with Crippen LogP contribution in [-0.2, 0) is 12.8 Å². The van der Waals surface area contributed by atoms with E-state index in [1.165, 1.54) is 24.0 Å². The van der Waals surface area contributed by atoms with Crippen LogP contribution in [0.2, 0.25) is 5.15 Å². The second-order valence-electron chi connectivity index (χ2n) is 4.48. The first kappa shape index (κ1) is 11.3. The number of hydrogen-bond donors (Lipinski definition) is 0. The van der Waals surface area contributed by atoms with Crippen molar-refractivity contribution >= 4 is 11.6 Å². The van der Waals surface area contributed by atoms with E-state index in [2.05, 4.69) is 23.2 Å². The van der Waals surface area contributed by atoms with Crippen LogP contribution in [0, 0.1) is 11.3 Å². The molecule has 1 aliphatic carbocycles. The molecule has 0 atom stereocenters. The van der Waals surface area contributed by atoms with Crippen molar-refractivity contribution in [3.63, 3.8) is 0 Å². The summed E-state index contributed by atoms with van der Waals surface area (Å²) in [6.45, 7) is 0. The van der Waals surface area contributed by atoms with Crippen molar-refractivity contribution in [3.05, 3.63) is 52.2 Å². The first-order chi connectivity index (χ1) is 8.78. The summed E-state index contributed by atoms with van der Waals surface area (Å²) in [7, 11) is 0. The quantitative estimate of drug-likeness (QED) is 0.727. The zero-order chi connectivity index (χ0) is 12.5. The summed E-state index contributed by atoms with van der Waals surface area (Å²) in [5.74, 6) is 0. The minimum atomic E-state index is 0.274. The third kappa shape index (κ3) is 1.87. The summed E-state index contributed by atoms with van der Waals surface area (Å²) >= 11 is 5.96. The molecule has 0 unspecified atom stereocenters. The SMILES string of the molecule is N#Cc1ccc(-c2ccc3c(c2)CCC3)nc1Cl. The van der Waals surface area contributed by atoms with Gasteiger partial charge in [0.05, 0.1) is 11.3 Å². The molecular weight excluding hydrogens is 244 g/mol. The second kappa shape index (κ2) is 4.44. The monoisotopic (exact) mass is 254 g/mol. The average Bonchev–Trinajstić information content (AvgIpc) is 2.85. The number of aromatic nitrogens is 1. The summed E-state index contributed by atoms with van der Waals surface area (Å²) in [6, 6.07) is 12.0. The van der Waals surface area contributed by atoms with Gasteiger partial charge in [-0.25, -0.2) is 4.98 Å². The highest BCUT2D eigenvalue weighted by Gasteiger charge is 2.12. The standard InChI is InChI=1S/C15H11ClN2/c16-15-13(9-17)6-7-14(18-15)12-5-4-10-2-1-3-11(10)8-12/h4-8H,1-3H2. The predicted molar refractivity (Wildman–Crippen MR) is 71.4 cm³/mol. The number of halogens is 1. The maximum absolute atomic E-state index is 8.83. The molecule has 18 heavy (non-hydrogen) atoms. The van der Waals surface area contributed by atoms with Crippen molar-refractivity contribution in [2.24, 2.45) is 0 Å². The number of nitrogens with zero attached hydrogens (tertiary/aromatic N) is 2. The van der Waals surface area contributed by atoms with Crippen molar-refractivity contribution in [2.45, 2.75) is 19.3 Å². The van der Waals surface area contributed by atoms with Gasteiger partial charge in [0, 0.05) is 5.56 Å². The lowest BCUT2D eigenvalue weighted by atomic mass is 10.0. The van der Waals surface area contributed by atoms with Gasteiger partial charge in [-0.05, 0) is 48.6 Å². The van der Waals surface area contributed by atoms with Gasteiger partial charge in [-0.2, -0.15) is 5.26 Å². The highest BCUT2D eigenvalue weighted by atomic mass is 35.5. The topological polar surface area (TPSA) is 36.7 Å². The number of rotatable bonds is 1. The fourth-order valence-electron chi connectivity index (χ4n) is 2.41. The van der Waals surface area contributed by atoms with Crippen molar-refractivity contribution in [1.29, 1.82) is 5.26 Å². The van der Waals surface area contributed by atoms with E-state index >= 15 is 0 Å². The fourth-order valence-corrected chi connectivity index (χ4v) is 2.61. The molecule has 0 N–H and O–H groups in total. The third-order valence-corrected chi connectivity index (χ3v) is 3.65. The summed E-state index contributed by atoms with van der Waals surface area (Å²) < 4.78 is 0. The van der Waals surface area contributed by atoms with Crippen LogP contribution in [0.4, 0.5) is 0 Å². The van der Waals surface area contributed by atoms with Crippen LogP contribution >= 0.6 is 11.6 Å². The van der Waals surface area contributed by atoms with E-state index in [0.717, 1.165) is 17.7 Å². The number of hydrogen-bond acceptors (Lipinski definition) is 2. The minimum absolute atomic E-state index is 0.274. The molecule has 3 rings (SSSR count). The molecule has 0 bridgehead atoms. The molecule has 1 heterocycles. The van der Waals surface area contributed by atoms with Gasteiger partial charge in [0.25, 0.3) is 0 Å². The van der Waals surface area contributed by atoms with Crippen LogP contribution in [0.15, 0.2) is 30.3 Å². The van der Waals surface area contributed by atoms with Gasteiger partial charge in [0.1, 0.15) is 11.2 Å². The van der Waals surface area contributed by atoms with E-state index in [9.17, 15) is 0 Å². The Kier molecular flexibility index (Phi) is 2.77. The molecule has 1 aromatic carbocycles. The number of fused-ring (bicyclic) bond motifs is 1. The molecule has 0 aliphatic heterocycles. The molecule has 0 amide bonds. The van der Waals surface area contributed by atoms with Crippen LogP contribution < -0.4 is 0 Å². The van der Waals surface area contributed by atoms with Crippen LogP contribution in [0.5, 0.6) is 0 Å². The molecule has 1 aliphatic rings. The van der Waals surface area contributed by atoms with Gasteiger partial charge in [-0.3, -0.25) is 0 Å². The lowest BCUT2D eigenvalue weighted by Crippen LogP contribution is -1.89. The van der Waals surface area contributed by atoms with Gasteiger partial charge >= 0.3 is 0 Å². The van der Waals surface area contributed by atoms with Gasteiger partial charge in [0.2, 0.25) is 0 Å². The first-order valence-corrected chi connectivity index (χ1v) is 6.34. The largest absolute Gasteiger partial charge is 0.235 e. The van der Waals surface area contributed by atoms with Crippen LogP contribution in [0.3, 0.4) is 0 Å². The predicted octanol–water partition coefficient (Wildman–Crippen LogP) is 3.76. The highest BCUT2D eigenvalue weighted by Crippen LogP contribution is 2.28. The van der Waals surface area contributed by atoms with Crippen LogP contribution in [-0.4, -0.2) is 4.98 Å². The summed E-state index contributed by atoms with van der Waals surface area (Å²) in [5, 5.41) is 9.11. The van der Waals surface area contributed by atoms with E-state index in [-0.39, 0.29) is 5.15 Å². The molecule has 0 saturated carbocycles. The summed E-state index contributed by atoms with van der Waals surface area (Å²) in [5.41, 5.74) is 5.17. The Bertz CT molecular complexity index is 647. The molecule has 3 heteroatoms. The third-order valence-electron chi connectivity index (χ3n) is 3.36. The first-order valence-electron chi connectivity index (χ1n) is 5.97. The van der Waals surface area contributed by atoms with Gasteiger partial charge < -0.3 is 0 Å². The zero-order valence-corrected chi connectivity index (χ0v) is 10.5. The van der Waals surface area contributed by atoms with E-state index < -0.39 is 0 Å². The van der Waals surface area contributed by atoms with Crippen LogP contribution in [0.1, 0.15) is 23.1 Å². The zero-order valence-electron chi connectivity index (χ0n) is 9.78. The molecule has 1 aromatic heterocycles. The van der Waals surface area contributed by atoms with E-state index in [4.69, 9.17) is 16.9 Å². The van der Waals surface area contributed by atoms with Crippen molar-refractivity contribution in [3.8, 4) is 17.3 Å². The Morgan fingerprint density at radius 2 is 1.94 bits per heavy atom. The number of pyridine rings is 1. The van der Waals surface area contributed by atoms with Gasteiger partial charge in [0.15, 0.2) is 0 Å². The van der Waals surface area contributed by atoms with Crippen LogP contribution in [0.25, 0.3) is 11.3 Å². The molecular formula is C15H11ClN2. The van der Waals surface area contributed by atoms with Gasteiger partial charge in [-0.15, -0.1) is 0 Å². The normalized spacial score (nSPS) is 13.1. The Balaban J connectivity index is 2.05. The lowest BCUT2D eigenvalue weighted by molar-refractivity contribution is 0.912. The summed E-state index contributed by atoms with van der Waals surface area (Å²) in [6.07, 6.45) is 3.56. The Morgan fingerprint density at radius 3 is 2.72 bits per heavy atom. The number of nitriles is 1. The van der Waals surface area contributed by atoms with E-state index in [1.54, 1.807) is 6.07 Å². The molecule has 0 spiro atoms. The molecule has 0 radical (unpaired) electrons. The molecule has 2 nitrogen and oxygen atoms in total. The second-order valence-corrected chi connectivity index (χ2v) is 4.84. The number of benzene rings is 1. The molecule has 0 fully saturated rings. The maximum atomic E-state index is 8.83. The van der Waals surface area contributed by atoms with E-state index in [1.807, 2.05) is 12.1 Å². The molecule has 88 valence electrons. The molecule has 0 saturated heterocycles. The average molecular weight is 255 g/mol. The number of aryl methyl sites for hydroxylation is 2. The summed E-state index contributed by atoms with van der Waals surface area (Å²) in [4.78, 5) is 4.28. The highest BCUT2D eigenvalue weighted by molar-refractivity contribution is 6.30. The smallest absolute Gasteiger partial charge is 0.147 e. The maximum Gasteiger partial charge on any atom is 0.147 e. The Labute approximate surface area is 111 Å². The Hall–Kier alpha value is -1.85. The van der Waals surface area contributed by atoms with E-state index in [0.29, 0.717) is 5.56 Å². The fraction of sp³-hybridized carbons (Fsp3) is 0.200. The van der Waals surface area contributed by atoms with Crippen molar-refractivity contribution < 1.29 is 0 Å². The molecule has 2 aromatic rings. The van der Waals surface area contributed by atoms with Crippen molar-refractivity contribution in [1.82, 2.24) is 4.98 Å². The van der Waals surface area contributed by atoms with Gasteiger partial charge in [-0.1, -0.05) is 23.7 Å². The lowest BCUT2D eigenvalue weighted by Gasteiger charge is -2.05.